The fourth-order valence-corrected chi connectivity index (χ4v) is 5.10. The van der Waals surface area contributed by atoms with Crippen LogP contribution >= 0.6 is 11.6 Å². The van der Waals surface area contributed by atoms with Crippen LogP contribution in [0, 0.1) is 0 Å². The first-order valence-corrected chi connectivity index (χ1v) is 13.2. The molecule has 2 aromatic carbocycles. The third kappa shape index (κ3) is 6.54. The van der Waals surface area contributed by atoms with Crippen molar-refractivity contribution in [2.45, 2.75) is 51.1 Å². The molecule has 1 saturated carbocycles. The molecule has 0 atom stereocenters. The summed E-state index contributed by atoms with van der Waals surface area (Å²) in [5.74, 6) is 0.359. The van der Waals surface area contributed by atoms with E-state index in [1.807, 2.05) is 0 Å². The molecule has 1 aliphatic rings. The molecule has 0 bridgehead atoms. The van der Waals surface area contributed by atoms with Crippen LogP contribution in [-0.4, -0.2) is 40.8 Å². The van der Waals surface area contributed by atoms with E-state index >= 15 is 0 Å². The van der Waals surface area contributed by atoms with E-state index in [-0.39, 0.29) is 29.7 Å². The van der Waals surface area contributed by atoms with Gasteiger partial charge in [-0.05, 0) is 36.6 Å². The van der Waals surface area contributed by atoms with Gasteiger partial charge in [0.05, 0.1) is 38.3 Å². The Hall–Kier alpha value is -2.45. The maximum Gasteiger partial charge on any atom is 0.253 e. The van der Waals surface area contributed by atoms with Crippen LogP contribution in [0.15, 0.2) is 36.4 Å². The summed E-state index contributed by atoms with van der Waals surface area (Å²) in [5.41, 5.74) is 1.18. The van der Waals surface area contributed by atoms with Gasteiger partial charge in [-0.25, -0.2) is 8.42 Å². The lowest BCUT2D eigenvalue weighted by Crippen LogP contribution is -2.37. The average Bonchev–Trinajstić information content (AvgIpc) is 3.05. The molecule has 0 aromatic heterocycles. The Morgan fingerprint density at radius 2 is 1.61 bits per heavy atom. The minimum Gasteiger partial charge on any atom is -0.493 e. The van der Waals surface area contributed by atoms with Crippen molar-refractivity contribution in [1.82, 2.24) is 5.32 Å². The molecule has 0 heterocycles. The molecule has 2 aromatic rings. The number of hydrogen-bond acceptors (Lipinski definition) is 5. The molecular formula is C24H31ClN2O5S. The highest BCUT2D eigenvalue weighted by Gasteiger charge is 2.27. The summed E-state index contributed by atoms with van der Waals surface area (Å²) in [6.07, 6.45) is 7.40. The second-order valence-electron chi connectivity index (χ2n) is 8.28. The lowest BCUT2D eigenvalue weighted by atomic mass is 10.1. The largest absolute Gasteiger partial charge is 0.493 e. The molecule has 180 valence electrons. The summed E-state index contributed by atoms with van der Waals surface area (Å²) in [6, 6.07) is 10.1. The van der Waals surface area contributed by atoms with Gasteiger partial charge in [0, 0.05) is 17.1 Å². The van der Waals surface area contributed by atoms with Crippen LogP contribution in [-0.2, 0) is 16.6 Å². The molecule has 1 amide bonds. The van der Waals surface area contributed by atoms with Crippen LogP contribution in [0.5, 0.6) is 11.5 Å². The predicted molar refractivity (Wildman–Crippen MR) is 131 cm³/mol. The number of sulfonamides is 1. The van der Waals surface area contributed by atoms with Crippen molar-refractivity contribution < 1.29 is 22.7 Å². The summed E-state index contributed by atoms with van der Waals surface area (Å²) in [5, 5.41) is 3.66. The van der Waals surface area contributed by atoms with Crippen molar-refractivity contribution in [1.29, 1.82) is 0 Å². The van der Waals surface area contributed by atoms with Gasteiger partial charge in [0.2, 0.25) is 10.0 Å². The summed E-state index contributed by atoms with van der Waals surface area (Å²) in [7, 11) is -0.794. The van der Waals surface area contributed by atoms with Gasteiger partial charge in [-0.15, -0.1) is 0 Å². The number of methoxy groups -OCH3 is 2. The lowest BCUT2D eigenvalue weighted by molar-refractivity contribution is 0.0933. The minimum atomic E-state index is -3.74. The van der Waals surface area contributed by atoms with Crippen LogP contribution in [0.3, 0.4) is 0 Å². The highest BCUT2D eigenvalue weighted by molar-refractivity contribution is 7.92. The molecule has 7 nitrogen and oxygen atoms in total. The van der Waals surface area contributed by atoms with Crippen LogP contribution in [0.1, 0.15) is 54.4 Å². The Morgan fingerprint density at radius 1 is 1.03 bits per heavy atom. The first-order chi connectivity index (χ1) is 15.7. The Balaban J connectivity index is 2.05. The Labute approximate surface area is 201 Å². The fourth-order valence-electron chi connectivity index (χ4n) is 4.08. The number of hydrogen-bond donors (Lipinski definition) is 1. The third-order valence-electron chi connectivity index (χ3n) is 5.85. The minimum absolute atomic E-state index is 0.0369. The smallest absolute Gasteiger partial charge is 0.253 e. The molecule has 0 spiro atoms. The van der Waals surface area contributed by atoms with Crippen molar-refractivity contribution in [3.8, 4) is 11.5 Å². The number of amides is 1. The van der Waals surface area contributed by atoms with Crippen LogP contribution in [0.2, 0.25) is 5.02 Å². The van der Waals surface area contributed by atoms with Gasteiger partial charge in [0.1, 0.15) is 0 Å². The van der Waals surface area contributed by atoms with E-state index in [1.54, 1.807) is 30.3 Å². The van der Waals surface area contributed by atoms with Crippen molar-refractivity contribution in [3.05, 3.63) is 52.5 Å². The zero-order valence-corrected chi connectivity index (χ0v) is 20.8. The monoisotopic (exact) mass is 494 g/mol. The van der Waals surface area contributed by atoms with E-state index in [0.29, 0.717) is 16.5 Å². The van der Waals surface area contributed by atoms with Gasteiger partial charge in [-0.1, -0.05) is 49.4 Å². The highest BCUT2D eigenvalue weighted by atomic mass is 35.5. The van der Waals surface area contributed by atoms with Gasteiger partial charge in [-0.2, -0.15) is 0 Å². The van der Waals surface area contributed by atoms with Crippen molar-refractivity contribution in [2.24, 2.45) is 0 Å². The maximum absolute atomic E-state index is 13.4. The Morgan fingerprint density at radius 3 is 2.15 bits per heavy atom. The summed E-state index contributed by atoms with van der Waals surface area (Å²) in [4.78, 5) is 13.4. The number of ether oxygens (including phenoxy) is 2. The Bertz CT molecular complexity index is 1070. The zero-order valence-electron chi connectivity index (χ0n) is 19.3. The summed E-state index contributed by atoms with van der Waals surface area (Å²) < 4.78 is 37.7. The molecule has 9 heteroatoms. The van der Waals surface area contributed by atoms with Crippen molar-refractivity contribution >= 4 is 33.2 Å². The topological polar surface area (TPSA) is 84.9 Å². The highest BCUT2D eigenvalue weighted by Crippen LogP contribution is 2.37. The molecular weight excluding hydrogens is 464 g/mol. The number of carbonyl (C=O) groups is 1. The molecule has 0 unspecified atom stereocenters. The first kappa shape index (κ1) is 25.2. The first-order valence-electron chi connectivity index (χ1n) is 11.0. The second kappa shape index (κ2) is 11.1. The van der Waals surface area contributed by atoms with E-state index in [2.05, 4.69) is 5.32 Å². The molecule has 0 radical (unpaired) electrons. The molecule has 33 heavy (non-hydrogen) atoms. The quantitative estimate of drug-likeness (QED) is 0.534. The van der Waals surface area contributed by atoms with E-state index in [9.17, 15) is 13.2 Å². The number of nitrogens with one attached hydrogen (secondary N) is 1. The molecule has 1 aliphatic carbocycles. The number of anilines is 1. The summed E-state index contributed by atoms with van der Waals surface area (Å²) in [6.45, 7) is 0.0369. The predicted octanol–water partition coefficient (Wildman–Crippen LogP) is 4.78. The van der Waals surface area contributed by atoms with E-state index in [4.69, 9.17) is 21.1 Å². The number of nitrogens with zero attached hydrogens (tertiary/aromatic N) is 1. The standard InChI is InChI=1S/C24H31ClN2O5S/c1-31-22-14-20(24(28)26-19-8-6-4-5-7-9-19)21(15-23(22)32-2)27(33(3,29)30)16-17-10-12-18(25)13-11-17/h10-15,19H,4-9,16H2,1-3H3,(H,26,28). The van der Waals surface area contributed by atoms with Crippen LogP contribution < -0.4 is 19.1 Å². The van der Waals surface area contributed by atoms with Crippen molar-refractivity contribution in [3.63, 3.8) is 0 Å². The SMILES string of the molecule is COc1cc(C(=O)NC2CCCCCC2)c(N(Cc2ccc(Cl)cc2)S(C)(=O)=O)cc1OC. The van der Waals surface area contributed by atoms with Crippen LogP contribution in [0.4, 0.5) is 5.69 Å². The van der Waals surface area contributed by atoms with Gasteiger partial charge in [0.15, 0.2) is 11.5 Å². The van der Waals surface area contributed by atoms with Crippen LogP contribution in [0.25, 0.3) is 0 Å². The summed E-state index contributed by atoms with van der Waals surface area (Å²) >= 11 is 5.98. The molecule has 0 saturated heterocycles. The van der Waals surface area contributed by atoms with E-state index < -0.39 is 10.0 Å². The van der Waals surface area contributed by atoms with Gasteiger partial charge in [-0.3, -0.25) is 9.10 Å². The van der Waals surface area contributed by atoms with Gasteiger partial charge in [0.25, 0.3) is 5.91 Å². The molecule has 1 N–H and O–H groups in total. The maximum atomic E-state index is 13.4. The average molecular weight is 495 g/mol. The normalized spacial score (nSPS) is 14.9. The molecule has 1 fully saturated rings. The zero-order chi connectivity index (χ0) is 24.0. The van der Waals surface area contributed by atoms with Crippen molar-refractivity contribution in [2.75, 3.05) is 24.8 Å². The number of rotatable bonds is 8. The Kier molecular flexibility index (Phi) is 8.48. The number of benzene rings is 2. The molecule has 0 aliphatic heterocycles. The fraction of sp³-hybridized carbons (Fsp3) is 0.458. The molecule has 3 rings (SSSR count). The van der Waals surface area contributed by atoms with Gasteiger partial charge < -0.3 is 14.8 Å². The van der Waals surface area contributed by atoms with E-state index in [0.717, 1.165) is 50.3 Å². The third-order valence-corrected chi connectivity index (χ3v) is 7.22. The number of carbonyl (C=O) groups excluding carboxylic acids is 1. The lowest BCUT2D eigenvalue weighted by Gasteiger charge is -2.27. The van der Waals surface area contributed by atoms with E-state index in [1.165, 1.54) is 24.6 Å². The number of halogens is 1. The van der Waals surface area contributed by atoms with Gasteiger partial charge >= 0.3 is 0 Å². The second-order valence-corrected chi connectivity index (χ2v) is 10.6.